The lowest BCUT2D eigenvalue weighted by atomic mass is 10.2. The molecule has 5 heteroatoms. The average molecular weight is 324 g/mol. The predicted octanol–water partition coefficient (Wildman–Crippen LogP) is 4.24. The van der Waals surface area contributed by atoms with Crippen molar-refractivity contribution in [2.45, 2.75) is 39.9 Å². The number of rotatable bonds is 6. The van der Waals surface area contributed by atoms with Crippen LogP contribution >= 0.6 is 22.9 Å². The van der Waals surface area contributed by atoms with E-state index in [2.05, 4.69) is 56.2 Å². The molecule has 0 aliphatic heterocycles. The number of anilines is 1. The summed E-state index contributed by atoms with van der Waals surface area (Å²) in [7, 11) is 2.06. The van der Waals surface area contributed by atoms with E-state index in [9.17, 15) is 0 Å². The summed E-state index contributed by atoms with van der Waals surface area (Å²) in [6.45, 7) is 8.05. The van der Waals surface area contributed by atoms with Gasteiger partial charge in [0.15, 0.2) is 0 Å². The van der Waals surface area contributed by atoms with Crippen molar-refractivity contribution < 1.29 is 0 Å². The van der Waals surface area contributed by atoms with Crippen molar-refractivity contribution in [2.24, 2.45) is 0 Å². The number of halogens is 1. The molecule has 0 saturated carbocycles. The summed E-state index contributed by atoms with van der Waals surface area (Å²) in [6.07, 6.45) is 0. The minimum absolute atomic E-state index is 0.482. The molecule has 0 amide bonds. The molecule has 3 nitrogen and oxygen atoms in total. The number of aromatic nitrogens is 1. The molecule has 0 fully saturated rings. The smallest absolute Gasteiger partial charge is 0.128 e. The van der Waals surface area contributed by atoms with Gasteiger partial charge in [0.25, 0.3) is 0 Å². The van der Waals surface area contributed by atoms with Gasteiger partial charge >= 0.3 is 0 Å². The van der Waals surface area contributed by atoms with Crippen LogP contribution in [0.25, 0.3) is 0 Å². The van der Waals surface area contributed by atoms with Gasteiger partial charge in [0.1, 0.15) is 5.82 Å². The van der Waals surface area contributed by atoms with Gasteiger partial charge in [-0.2, -0.15) is 0 Å². The molecule has 0 unspecified atom stereocenters. The Bertz CT molecular complexity index is 595. The van der Waals surface area contributed by atoms with E-state index in [0.717, 1.165) is 28.9 Å². The standard InChI is InChI=1S/C16H22ClN3S/c1-11(2)18-9-13-5-8-16(19-12(13)3)20(4)10-14-6-7-15(17)21-14/h5-8,11,18H,9-10H2,1-4H3. The Balaban J connectivity index is 2.04. The van der Waals surface area contributed by atoms with Crippen molar-refractivity contribution in [1.29, 1.82) is 0 Å². The van der Waals surface area contributed by atoms with Crippen LogP contribution in [0.5, 0.6) is 0 Å². The third kappa shape index (κ3) is 4.70. The third-order valence-electron chi connectivity index (χ3n) is 3.29. The molecule has 2 rings (SSSR count). The molecule has 0 spiro atoms. The van der Waals surface area contributed by atoms with E-state index in [1.165, 1.54) is 10.4 Å². The van der Waals surface area contributed by atoms with E-state index in [-0.39, 0.29) is 0 Å². The molecule has 0 aliphatic carbocycles. The molecule has 114 valence electrons. The monoisotopic (exact) mass is 323 g/mol. The first-order valence-corrected chi connectivity index (χ1v) is 8.30. The summed E-state index contributed by atoms with van der Waals surface area (Å²) < 4.78 is 0.831. The second kappa shape index (κ2) is 7.25. The lowest BCUT2D eigenvalue weighted by Gasteiger charge is -2.19. The van der Waals surface area contributed by atoms with Crippen LogP contribution < -0.4 is 10.2 Å². The van der Waals surface area contributed by atoms with E-state index in [0.29, 0.717) is 6.04 Å². The Kier molecular flexibility index (Phi) is 5.62. The maximum atomic E-state index is 5.97. The Morgan fingerprint density at radius 3 is 2.62 bits per heavy atom. The number of hydrogen-bond acceptors (Lipinski definition) is 4. The molecule has 21 heavy (non-hydrogen) atoms. The first kappa shape index (κ1) is 16.3. The maximum Gasteiger partial charge on any atom is 0.128 e. The van der Waals surface area contributed by atoms with Crippen LogP contribution in [0.1, 0.15) is 30.0 Å². The number of aryl methyl sites for hydroxylation is 1. The van der Waals surface area contributed by atoms with Gasteiger partial charge < -0.3 is 10.2 Å². The number of hydrogen-bond donors (Lipinski definition) is 1. The van der Waals surface area contributed by atoms with Gasteiger partial charge in [0.05, 0.1) is 10.9 Å². The average Bonchev–Trinajstić information content (AvgIpc) is 2.82. The summed E-state index contributed by atoms with van der Waals surface area (Å²) in [5.41, 5.74) is 2.33. The molecular weight excluding hydrogens is 302 g/mol. The van der Waals surface area contributed by atoms with Crippen LogP contribution in [0, 0.1) is 6.92 Å². The fraction of sp³-hybridized carbons (Fsp3) is 0.438. The molecule has 0 aliphatic rings. The molecule has 0 bridgehead atoms. The highest BCUT2D eigenvalue weighted by atomic mass is 35.5. The summed E-state index contributed by atoms with van der Waals surface area (Å²) in [6, 6.07) is 8.73. The number of thiophene rings is 1. The van der Waals surface area contributed by atoms with Crippen molar-refractivity contribution in [3.8, 4) is 0 Å². The highest BCUT2D eigenvalue weighted by Crippen LogP contribution is 2.24. The van der Waals surface area contributed by atoms with E-state index in [1.54, 1.807) is 11.3 Å². The molecule has 0 radical (unpaired) electrons. The second-order valence-electron chi connectivity index (χ2n) is 5.51. The third-order valence-corrected chi connectivity index (χ3v) is 4.51. The molecule has 1 N–H and O–H groups in total. The lowest BCUT2D eigenvalue weighted by Crippen LogP contribution is -2.23. The molecular formula is C16H22ClN3S. The second-order valence-corrected chi connectivity index (χ2v) is 7.31. The molecule has 0 atom stereocenters. The van der Waals surface area contributed by atoms with Gasteiger partial charge in [0, 0.05) is 30.2 Å². The summed E-state index contributed by atoms with van der Waals surface area (Å²) >= 11 is 7.59. The quantitative estimate of drug-likeness (QED) is 0.861. The van der Waals surface area contributed by atoms with Gasteiger partial charge in [-0.25, -0.2) is 4.98 Å². The summed E-state index contributed by atoms with van der Waals surface area (Å²) in [5.74, 6) is 0.991. The van der Waals surface area contributed by atoms with Crippen LogP contribution in [0.4, 0.5) is 5.82 Å². The van der Waals surface area contributed by atoms with Crippen molar-refractivity contribution in [1.82, 2.24) is 10.3 Å². The summed E-state index contributed by atoms with van der Waals surface area (Å²) in [4.78, 5) is 8.10. The SMILES string of the molecule is Cc1nc(N(C)Cc2ccc(Cl)s2)ccc1CNC(C)C. The largest absolute Gasteiger partial charge is 0.355 e. The number of pyridine rings is 1. The van der Waals surface area contributed by atoms with E-state index in [1.807, 2.05) is 6.07 Å². The Labute approximate surface area is 136 Å². The van der Waals surface area contributed by atoms with Gasteiger partial charge in [-0.1, -0.05) is 31.5 Å². The first-order valence-electron chi connectivity index (χ1n) is 7.11. The van der Waals surface area contributed by atoms with Gasteiger partial charge in [0.2, 0.25) is 0 Å². The fourth-order valence-corrected chi connectivity index (χ4v) is 3.18. The minimum Gasteiger partial charge on any atom is -0.355 e. The van der Waals surface area contributed by atoms with Gasteiger partial charge in [-0.3, -0.25) is 0 Å². The Morgan fingerprint density at radius 2 is 2.05 bits per heavy atom. The molecule has 0 saturated heterocycles. The van der Waals surface area contributed by atoms with Crippen LogP contribution in [0.2, 0.25) is 4.34 Å². The molecule has 2 heterocycles. The van der Waals surface area contributed by atoms with E-state index in [4.69, 9.17) is 16.6 Å². The molecule has 2 aromatic heterocycles. The normalized spacial score (nSPS) is 11.1. The minimum atomic E-state index is 0.482. The zero-order valence-corrected chi connectivity index (χ0v) is 14.6. The zero-order valence-electron chi connectivity index (χ0n) is 13.0. The maximum absolute atomic E-state index is 5.97. The lowest BCUT2D eigenvalue weighted by molar-refractivity contribution is 0.586. The van der Waals surface area contributed by atoms with Crippen LogP contribution in [-0.2, 0) is 13.1 Å². The van der Waals surface area contributed by atoms with Crippen molar-refractivity contribution >= 4 is 28.8 Å². The Hall–Kier alpha value is -1.10. The van der Waals surface area contributed by atoms with Crippen LogP contribution in [0.3, 0.4) is 0 Å². The van der Waals surface area contributed by atoms with Crippen LogP contribution in [-0.4, -0.2) is 18.1 Å². The zero-order chi connectivity index (χ0) is 15.4. The Morgan fingerprint density at radius 1 is 1.29 bits per heavy atom. The predicted molar refractivity (Wildman–Crippen MR) is 92.4 cm³/mol. The molecule has 0 aromatic carbocycles. The van der Waals surface area contributed by atoms with Crippen molar-refractivity contribution in [3.05, 3.63) is 44.7 Å². The fourth-order valence-electron chi connectivity index (χ4n) is 2.04. The van der Waals surface area contributed by atoms with Crippen molar-refractivity contribution in [3.63, 3.8) is 0 Å². The number of nitrogens with one attached hydrogen (secondary N) is 1. The first-order chi connectivity index (χ1) is 9.95. The number of nitrogens with zero attached hydrogens (tertiary/aromatic N) is 2. The van der Waals surface area contributed by atoms with E-state index >= 15 is 0 Å². The van der Waals surface area contributed by atoms with Gasteiger partial charge in [-0.15, -0.1) is 11.3 Å². The van der Waals surface area contributed by atoms with Crippen LogP contribution in [0.15, 0.2) is 24.3 Å². The highest BCUT2D eigenvalue weighted by molar-refractivity contribution is 7.16. The van der Waals surface area contributed by atoms with Crippen molar-refractivity contribution in [2.75, 3.05) is 11.9 Å². The molecule has 2 aromatic rings. The van der Waals surface area contributed by atoms with Gasteiger partial charge in [-0.05, 0) is 30.7 Å². The van der Waals surface area contributed by atoms with E-state index < -0.39 is 0 Å². The topological polar surface area (TPSA) is 28.2 Å². The highest BCUT2D eigenvalue weighted by Gasteiger charge is 2.08. The summed E-state index contributed by atoms with van der Waals surface area (Å²) in [5, 5.41) is 3.43.